The number of hydrogen-bond acceptors (Lipinski definition) is 4. The quantitative estimate of drug-likeness (QED) is 0.740. The van der Waals surface area contributed by atoms with Crippen LogP contribution in [0, 0.1) is 5.92 Å². The lowest BCUT2D eigenvalue weighted by Crippen LogP contribution is -2.39. The van der Waals surface area contributed by atoms with Crippen LogP contribution in [0.3, 0.4) is 0 Å². The Bertz CT molecular complexity index is 317. The second kappa shape index (κ2) is 4.28. The first-order chi connectivity index (χ1) is 7.22. The van der Waals surface area contributed by atoms with Gasteiger partial charge < -0.3 is 10.3 Å². The van der Waals surface area contributed by atoms with Crippen molar-refractivity contribution in [2.45, 2.75) is 25.4 Å². The van der Waals surface area contributed by atoms with Crippen molar-refractivity contribution in [3.8, 4) is 0 Å². The fourth-order valence-corrected chi connectivity index (χ4v) is 2.00. The lowest BCUT2D eigenvalue weighted by molar-refractivity contribution is 0.208. The van der Waals surface area contributed by atoms with Crippen LogP contribution >= 0.6 is 0 Å². The molecule has 5 heteroatoms. The molecule has 0 aliphatic heterocycles. The Morgan fingerprint density at radius 3 is 2.87 bits per heavy atom. The standard InChI is InChI=1S/C10H19N5/c1-14(9(5-11)8-3-4-8)6-10-13-12-7-15(10)2/h7-9H,3-6,11H2,1-2H3. The third-order valence-electron chi connectivity index (χ3n) is 3.17. The van der Waals surface area contributed by atoms with Crippen LogP contribution in [-0.2, 0) is 13.6 Å². The normalized spacial score (nSPS) is 18.4. The number of aryl methyl sites for hydroxylation is 1. The maximum atomic E-state index is 5.80. The van der Waals surface area contributed by atoms with Gasteiger partial charge in [0, 0.05) is 19.6 Å². The van der Waals surface area contributed by atoms with Gasteiger partial charge in [-0.15, -0.1) is 10.2 Å². The molecule has 15 heavy (non-hydrogen) atoms. The van der Waals surface area contributed by atoms with E-state index < -0.39 is 0 Å². The van der Waals surface area contributed by atoms with E-state index in [9.17, 15) is 0 Å². The zero-order valence-electron chi connectivity index (χ0n) is 9.43. The molecule has 0 spiro atoms. The summed E-state index contributed by atoms with van der Waals surface area (Å²) in [7, 11) is 4.09. The molecular formula is C10H19N5. The minimum absolute atomic E-state index is 0.502. The van der Waals surface area contributed by atoms with Gasteiger partial charge in [-0.05, 0) is 25.8 Å². The van der Waals surface area contributed by atoms with Crippen LogP contribution < -0.4 is 5.73 Å². The monoisotopic (exact) mass is 209 g/mol. The number of aromatic nitrogens is 3. The van der Waals surface area contributed by atoms with Gasteiger partial charge in [0.05, 0.1) is 6.54 Å². The van der Waals surface area contributed by atoms with Gasteiger partial charge in [0.2, 0.25) is 0 Å². The molecule has 1 aromatic heterocycles. The molecule has 1 fully saturated rings. The summed E-state index contributed by atoms with van der Waals surface area (Å²) in [4.78, 5) is 2.29. The van der Waals surface area contributed by atoms with Crippen LogP contribution in [0.2, 0.25) is 0 Å². The van der Waals surface area contributed by atoms with Crippen molar-refractivity contribution in [1.82, 2.24) is 19.7 Å². The molecule has 2 rings (SSSR count). The first-order valence-corrected chi connectivity index (χ1v) is 5.45. The number of likely N-dealkylation sites (N-methyl/N-ethyl adjacent to an activating group) is 1. The summed E-state index contributed by atoms with van der Waals surface area (Å²) in [6.45, 7) is 1.56. The molecular weight excluding hydrogens is 190 g/mol. The summed E-state index contributed by atoms with van der Waals surface area (Å²) >= 11 is 0. The second-order valence-electron chi connectivity index (χ2n) is 4.41. The number of hydrogen-bond donors (Lipinski definition) is 1. The van der Waals surface area contributed by atoms with Crippen molar-refractivity contribution < 1.29 is 0 Å². The van der Waals surface area contributed by atoms with Crippen molar-refractivity contribution in [3.63, 3.8) is 0 Å². The molecule has 1 aliphatic carbocycles. The SMILES string of the molecule is CN(Cc1nncn1C)C(CN)C1CC1. The minimum Gasteiger partial charge on any atom is -0.329 e. The Morgan fingerprint density at radius 2 is 2.40 bits per heavy atom. The van der Waals surface area contributed by atoms with Crippen LogP contribution in [0.25, 0.3) is 0 Å². The lowest BCUT2D eigenvalue weighted by Gasteiger charge is -2.26. The molecule has 1 atom stereocenters. The van der Waals surface area contributed by atoms with Crippen LogP contribution in [-0.4, -0.2) is 39.3 Å². The first-order valence-electron chi connectivity index (χ1n) is 5.45. The Hall–Kier alpha value is -0.940. The van der Waals surface area contributed by atoms with Crippen molar-refractivity contribution in [2.24, 2.45) is 18.7 Å². The van der Waals surface area contributed by atoms with Gasteiger partial charge in [-0.2, -0.15) is 0 Å². The minimum atomic E-state index is 0.502. The number of nitrogens with two attached hydrogens (primary N) is 1. The van der Waals surface area contributed by atoms with Crippen LogP contribution in [0.15, 0.2) is 6.33 Å². The zero-order valence-corrected chi connectivity index (χ0v) is 9.43. The molecule has 1 aromatic rings. The molecule has 0 amide bonds. The Labute approximate surface area is 90.3 Å². The van der Waals surface area contributed by atoms with E-state index in [-0.39, 0.29) is 0 Å². The summed E-state index contributed by atoms with van der Waals surface area (Å²) in [5.41, 5.74) is 5.80. The van der Waals surface area contributed by atoms with Crippen molar-refractivity contribution in [2.75, 3.05) is 13.6 Å². The highest BCUT2D eigenvalue weighted by Crippen LogP contribution is 2.34. The maximum Gasteiger partial charge on any atom is 0.146 e. The predicted octanol–water partition coefficient (Wildman–Crippen LogP) is -0.0158. The van der Waals surface area contributed by atoms with Gasteiger partial charge in [0.25, 0.3) is 0 Å². The highest BCUT2D eigenvalue weighted by Gasteiger charge is 2.33. The zero-order chi connectivity index (χ0) is 10.8. The van der Waals surface area contributed by atoms with Gasteiger partial charge in [-0.1, -0.05) is 0 Å². The third kappa shape index (κ3) is 2.35. The topological polar surface area (TPSA) is 60.0 Å². The fourth-order valence-electron chi connectivity index (χ4n) is 2.00. The van der Waals surface area contributed by atoms with Crippen LogP contribution in [0.5, 0.6) is 0 Å². The molecule has 2 N–H and O–H groups in total. The lowest BCUT2D eigenvalue weighted by atomic mass is 10.1. The van der Waals surface area contributed by atoms with Crippen molar-refractivity contribution in [3.05, 3.63) is 12.2 Å². The largest absolute Gasteiger partial charge is 0.329 e. The van der Waals surface area contributed by atoms with Crippen LogP contribution in [0.1, 0.15) is 18.7 Å². The summed E-state index contributed by atoms with van der Waals surface area (Å²) in [6, 6.07) is 0.502. The maximum absolute atomic E-state index is 5.80. The summed E-state index contributed by atoms with van der Waals surface area (Å²) in [6.07, 6.45) is 4.38. The first kappa shape index (κ1) is 10.6. The Morgan fingerprint density at radius 1 is 1.67 bits per heavy atom. The summed E-state index contributed by atoms with van der Waals surface area (Å²) in [5, 5.41) is 7.96. The predicted molar refractivity (Wildman–Crippen MR) is 58.0 cm³/mol. The Kier molecular flexibility index (Phi) is 3.02. The van der Waals surface area contributed by atoms with E-state index in [1.807, 2.05) is 11.6 Å². The van der Waals surface area contributed by atoms with E-state index in [2.05, 4.69) is 22.1 Å². The molecule has 0 saturated heterocycles. The van der Waals surface area contributed by atoms with Gasteiger partial charge in [0.1, 0.15) is 12.2 Å². The second-order valence-corrected chi connectivity index (χ2v) is 4.41. The molecule has 5 nitrogen and oxygen atoms in total. The fraction of sp³-hybridized carbons (Fsp3) is 0.800. The van der Waals surface area contributed by atoms with Crippen molar-refractivity contribution in [1.29, 1.82) is 0 Å². The smallest absolute Gasteiger partial charge is 0.146 e. The van der Waals surface area contributed by atoms with E-state index in [4.69, 9.17) is 5.73 Å². The number of rotatable bonds is 5. The molecule has 84 valence electrons. The molecule has 0 aromatic carbocycles. The summed E-state index contributed by atoms with van der Waals surface area (Å²) in [5.74, 6) is 1.80. The van der Waals surface area contributed by atoms with Gasteiger partial charge in [-0.3, -0.25) is 4.90 Å². The molecule has 0 bridgehead atoms. The number of nitrogens with zero attached hydrogens (tertiary/aromatic N) is 4. The van der Waals surface area contributed by atoms with E-state index in [1.54, 1.807) is 6.33 Å². The van der Waals surface area contributed by atoms with E-state index in [0.29, 0.717) is 6.04 Å². The highest BCUT2D eigenvalue weighted by molar-refractivity contribution is 4.91. The highest BCUT2D eigenvalue weighted by atomic mass is 15.3. The summed E-state index contributed by atoms with van der Waals surface area (Å²) < 4.78 is 1.96. The molecule has 1 saturated carbocycles. The van der Waals surface area contributed by atoms with Crippen LogP contribution in [0.4, 0.5) is 0 Å². The van der Waals surface area contributed by atoms with Gasteiger partial charge >= 0.3 is 0 Å². The van der Waals surface area contributed by atoms with E-state index in [1.165, 1.54) is 12.8 Å². The van der Waals surface area contributed by atoms with E-state index in [0.717, 1.165) is 24.8 Å². The third-order valence-corrected chi connectivity index (χ3v) is 3.17. The average molecular weight is 209 g/mol. The molecule has 1 heterocycles. The van der Waals surface area contributed by atoms with Crippen molar-refractivity contribution >= 4 is 0 Å². The molecule has 1 unspecified atom stereocenters. The van der Waals surface area contributed by atoms with E-state index >= 15 is 0 Å². The Balaban J connectivity index is 1.95. The van der Waals surface area contributed by atoms with Gasteiger partial charge in [0.15, 0.2) is 0 Å². The van der Waals surface area contributed by atoms with Gasteiger partial charge in [-0.25, -0.2) is 0 Å². The average Bonchev–Trinajstić information content (AvgIpc) is 2.95. The molecule has 1 aliphatic rings. The molecule has 0 radical (unpaired) electrons.